The molecule has 1 saturated heterocycles. The van der Waals surface area contributed by atoms with E-state index in [1.54, 1.807) is 18.2 Å². The van der Waals surface area contributed by atoms with E-state index < -0.39 is 12.0 Å². The molecule has 1 atom stereocenters. The maximum Gasteiger partial charge on any atom is 0.326 e. The van der Waals surface area contributed by atoms with E-state index in [2.05, 4.69) is 22.6 Å². The molecule has 6 heteroatoms. The molecule has 1 aliphatic rings. The molecule has 1 aliphatic heterocycles. The predicted molar refractivity (Wildman–Crippen MR) is 75.9 cm³/mol. The molecule has 1 fully saturated rings. The molecule has 1 N–H and O–H groups in total. The number of halogens is 2. The summed E-state index contributed by atoms with van der Waals surface area (Å²) in [6.07, 6.45) is 1.24. The molecule has 1 aromatic carbocycles. The van der Waals surface area contributed by atoms with Crippen molar-refractivity contribution in [1.82, 2.24) is 4.90 Å². The summed E-state index contributed by atoms with van der Waals surface area (Å²) >= 11 is 8.05. The van der Waals surface area contributed by atoms with Gasteiger partial charge in [0.05, 0.1) is 5.02 Å². The highest BCUT2D eigenvalue weighted by Gasteiger charge is 2.34. The first kappa shape index (κ1) is 13.6. The third-order valence-electron chi connectivity index (χ3n) is 2.97. The van der Waals surface area contributed by atoms with Gasteiger partial charge in [0.1, 0.15) is 6.04 Å². The lowest BCUT2D eigenvalue weighted by molar-refractivity contribution is -0.141. The van der Waals surface area contributed by atoms with Crippen molar-refractivity contribution in [2.24, 2.45) is 0 Å². The van der Waals surface area contributed by atoms with Crippen LogP contribution in [0.3, 0.4) is 0 Å². The molecule has 0 aliphatic carbocycles. The number of carbonyl (C=O) groups excluding carboxylic acids is 1. The molecule has 18 heavy (non-hydrogen) atoms. The Bertz CT molecular complexity index is 506. The van der Waals surface area contributed by atoms with Gasteiger partial charge in [-0.2, -0.15) is 0 Å². The summed E-state index contributed by atoms with van der Waals surface area (Å²) in [4.78, 5) is 24.7. The SMILES string of the molecule is O=C(O)[C@@H]1CCCN1C(=O)c1ccc(I)c(Cl)c1. The van der Waals surface area contributed by atoms with Gasteiger partial charge in [0.25, 0.3) is 5.91 Å². The molecule has 1 aromatic rings. The first-order valence-electron chi connectivity index (χ1n) is 5.49. The maximum atomic E-state index is 12.2. The summed E-state index contributed by atoms with van der Waals surface area (Å²) in [5.74, 6) is -1.21. The average Bonchev–Trinajstić information content (AvgIpc) is 2.81. The van der Waals surface area contributed by atoms with Crippen LogP contribution < -0.4 is 0 Å². The second-order valence-electron chi connectivity index (χ2n) is 4.12. The number of benzene rings is 1. The minimum Gasteiger partial charge on any atom is -0.480 e. The topological polar surface area (TPSA) is 57.6 Å². The van der Waals surface area contributed by atoms with Crippen LogP contribution in [0.1, 0.15) is 23.2 Å². The minimum absolute atomic E-state index is 0.266. The number of hydrogen-bond donors (Lipinski definition) is 1. The lowest BCUT2D eigenvalue weighted by Crippen LogP contribution is -2.40. The molecule has 0 unspecified atom stereocenters. The van der Waals surface area contributed by atoms with E-state index in [1.165, 1.54) is 4.90 Å². The number of likely N-dealkylation sites (tertiary alicyclic amines) is 1. The van der Waals surface area contributed by atoms with Crippen LogP contribution in [-0.2, 0) is 4.79 Å². The van der Waals surface area contributed by atoms with Crippen LogP contribution in [0.4, 0.5) is 0 Å². The lowest BCUT2D eigenvalue weighted by Gasteiger charge is -2.21. The zero-order valence-corrected chi connectivity index (χ0v) is 12.3. The van der Waals surface area contributed by atoms with Crippen LogP contribution >= 0.6 is 34.2 Å². The Balaban J connectivity index is 2.25. The summed E-state index contributed by atoms with van der Waals surface area (Å²) in [6.45, 7) is 0.486. The predicted octanol–water partition coefficient (Wildman–Crippen LogP) is 2.63. The summed E-state index contributed by atoms with van der Waals surface area (Å²) in [5, 5.41) is 9.56. The lowest BCUT2D eigenvalue weighted by atomic mass is 10.1. The van der Waals surface area contributed by atoms with Gasteiger partial charge in [-0.1, -0.05) is 11.6 Å². The number of rotatable bonds is 2. The Morgan fingerprint density at radius 1 is 1.44 bits per heavy atom. The van der Waals surface area contributed by atoms with Gasteiger partial charge in [0, 0.05) is 15.7 Å². The second kappa shape index (κ2) is 5.44. The molecule has 4 nitrogen and oxygen atoms in total. The van der Waals surface area contributed by atoms with Crippen molar-refractivity contribution in [3.63, 3.8) is 0 Å². The van der Waals surface area contributed by atoms with Gasteiger partial charge in [-0.05, 0) is 53.6 Å². The molecule has 0 saturated carbocycles. The van der Waals surface area contributed by atoms with Gasteiger partial charge in [-0.25, -0.2) is 4.79 Å². The fourth-order valence-electron chi connectivity index (χ4n) is 2.06. The van der Waals surface area contributed by atoms with Gasteiger partial charge in [-0.15, -0.1) is 0 Å². The number of carbonyl (C=O) groups is 2. The Labute approximate surface area is 123 Å². The molecule has 1 amide bonds. The van der Waals surface area contributed by atoms with Crippen molar-refractivity contribution >= 4 is 46.1 Å². The largest absolute Gasteiger partial charge is 0.480 e. The van der Waals surface area contributed by atoms with Crippen LogP contribution in [0.25, 0.3) is 0 Å². The highest BCUT2D eigenvalue weighted by molar-refractivity contribution is 14.1. The first-order valence-corrected chi connectivity index (χ1v) is 6.95. The Morgan fingerprint density at radius 3 is 2.78 bits per heavy atom. The van der Waals surface area contributed by atoms with Crippen molar-refractivity contribution in [2.75, 3.05) is 6.54 Å². The molecule has 96 valence electrons. The van der Waals surface area contributed by atoms with Gasteiger partial charge < -0.3 is 10.0 Å². The van der Waals surface area contributed by atoms with Gasteiger partial charge in [0.15, 0.2) is 0 Å². The number of amides is 1. The fraction of sp³-hybridized carbons (Fsp3) is 0.333. The minimum atomic E-state index is -0.947. The summed E-state index contributed by atoms with van der Waals surface area (Å²) in [6, 6.07) is 4.30. The molecular weight excluding hydrogens is 368 g/mol. The third-order valence-corrected chi connectivity index (χ3v) is 4.54. The number of carboxylic acid groups (broad SMARTS) is 1. The Hall–Kier alpha value is -0.820. The molecular formula is C12H11ClINO3. The third kappa shape index (κ3) is 2.61. The van der Waals surface area contributed by atoms with E-state index in [-0.39, 0.29) is 5.91 Å². The van der Waals surface area contributed by atoms with E-state index >= 15 is 0 Å². The highest BCUT2D eigenvalue weighted by atomic mass is 127. The first-order chi connectivity index (χ1) is 8.50. The molecule has 0 spiro atoms. The fourth-order valence-corrected chi connectivity index (χ4v) is 2.58. The van der Waals surface area contributed by atoms with Crippen LogP contribution in [0.2, 0.25) is 5.02 Å². The van der Waals surface area contributed by atoms with E-state index in [9.17, 15) is 9.59 Å². The van der Waals surface area contributed by atoms with Crippen LogP contribution in [0.15, 0.2) is 18.2 Å². The number of nitrogens with zero attached hydrogens (tertiary/aromatic N) is 1. The normalized spacial score (nSPS) is 19.0. The molecule has 1 heterocycles. The quantitative estimate of drug-likeness (QED) is 0.804. The van der Waals surface area contributed by atoms with Crippen molar-refractivity contribution in [3.8, 4) is 0 Å². The summed E-state index contributed by atoms with van der Waals surface area (Å²) < 4.78 is 0.863. The van der Waals surface area contributed by atoms with Crippen molar-refractivity contribution < 1.29 is 14.7 Å². The monoisotopic (exact) mass is 379 g/mol. The smallest absolute Gasteiger partial charge is 0.326 e. The standard InChI is InChI=1S/C12H11ClINO3/c13-8-6-7(3-4-9(8)14)11(16)15-5-1-2-10(15)12(17)18/h3-4,6,10H,1-2,5H2,(H,17,18)/t10-/m0/s1. The van der Waals surface area contributed by atoms with Crippen LogP contribution in [0, 0.1) is 3.57 Å². The number of hydrogen-bond acceptors (Lipinski definition) is 2. The zero-order valence-electron chi connectivity index (χ0n) is 9.40. The Kier molecular flexibility index (Phi) is 4.11. The van der Waals surface area contributed by atoms with E-state index in [0.29, 0.717) is 23.6 Å². The molecule has 2 rings (SSSR count). The van der Waals surface area contributed by atoms with Crippen molar-refractivity contribution in [1.29, 1.82) is 0 Å². The number of carboxylic acids is 1. The van der Waals surface area contributed by atoms with Crippen molar-refractivity contribution in [2.45, 2.75) is 18.9 Å². The molecule has 0 bridgehead atoms. The number of aliphatic carboxylic acids is 1. The van der Waals surface area contributed by atoms with E-state index in [0.717, 1.165) is 9.99 Å². The second-order valence-corrected chi connectivity index (χ2v) is 5.69. The Morgan fingerprint density at radius 2 is 2.17 bits per heavy atom. The average molecular weight is 380 g/mol. The van der Waals surface area contributed by atoms with Crippen molar-refractivity contribution in [3.05, 3.63) is 32.4 Å². The highest BCUT2D eigenvalue weighted by Crippen LogP contribution is 2.24. The summed E-state index contributed by atoms with van der Waals surface area (Å²) in [5.41, 5.74) is 0.438. The van der Waals surface area contributed by atoms with E-state index in [4.69, 9.17) is 16.7 Å². The van der Waals surface area contributed by atoms with Gasteiger partial charge >= 0.3 is 5.97 Å². The van der Waals surface area contributed by atoms with Gasteiger partial charge in [-0.3, -0.25) is 4.79 Å². The molecule has 0 radical (unpaired) electrons. The zero-order chi connectivity index (χ0) is 13.3. The maximum absolute atomic E-state index is 12.2. The molecule has 0 aromatic heterocycles. The van der Waals surface area contributed by atoms with Gasteiger partial charge in [0.2, 0.25) is 0 Å². The van der Waals surface area contributed by atoms with Crippen LogP contribution in [0.5, 0.6) is 0 Å². The van der Waals surface area contributed by atoms with E-state index in [1.807, 2.05) is 0 Å². The summed E-state index contributed by atoms with van der Waals surface area (Å²) in [7, 11) is 0. The van der Waals surface area contributed by atoms with Crippen LogP contribution in [-0.4, -0.2) is 34.5 Å².